The second kappa shape index (κ2) is 7.03. The van der Waals surface area contributed by atoms with Gasteiger partial charge in [0.1, 0.15) is 17.5 Å². The summed E-state index contributed by atoms with van der Waals surface area (Å²) in [5, 5.41) is 12.0. The molecule has 25 heavy (non-hydrogen) atoms. The van der Waals surface area contributed by atoms with E-state index in [-0.39, 0.29) is 17.6 Å². The van der Waals surface area contributed by atoms with Crippen LogP contribution < -0.4 is 10.1 Å². The molecule has 8 nitrogen and oxygen atoms in total. The highest BCUT2D eigenvalue weighted by Crippen LogP contribution is 2.40. The van der Waals surface area contributed by atoms with Crippen LogP contribution in [-0.2, 0) is 18.9 Å². The number of fused-ring (bicyclic) bond motifs is 1. The van der Waals surface area contributed by atoms with Gasteiger partial charge >= 0.3 is 5.97 Å². The summed E-state index contributed by atoms with van der Waals surface area (Å²) in [4.78, 5) is 36.7. The van der Waals surface area contributed by atoms with Crippen LogP contribution in [0.2, 0.25) is 0 Å². The van der Waals surface area contributed by atoms with Crippen LogP contribution in [0.15, 0.2) is 41.3 Å². The van der Waals surface area contributed by atoms with E-state index in [1.165, 1.54) is 0 Å². The van der Waals surface area contributed by atoms with Crippen LogP contribution in [0.25, 0.3) is 0 Å². The second-order valence-electron chi connectivity index (χ2n) is 5.65. The van der Waals surface area contributed by atoms with Gasteiger partial charge in [-0.3, -0.25) is 19.1 Å². The normalized spacial score (nSPS) is 22.2. The van der Waals surface area contributed by atoms with Crippen molar-refractivity contribution < 1.29 is 28.8 Å². The molecule has 2 heterocycles. The van der Waals surface area contributed by atoms with Crippen LogP contribution in [0, 0.1) is 0 Å². The number of benzene rings is 1. The molecule has 3 rings (SSSR count). The van der Waals surface area contributed by atoms with Crippen molar-refractivity contribution in [2.75, 3.05) is 6.61 Å². The smallest absolute Gasteiger partial charge is 0.353 e. The van der Waals surface area contributed by atoms with Gasteiger partial charge in [-0.25, -0.2) is 4.79 Å². The SMILES string of the molecule is O=PC1=C(C(=O)O)N2C(=O)C(NC(=O)COc3ccccc3)C2CC1. The number of nitrogens with zero attached hydrogens (tertiary/aromatic N) is 1. The third-order valence-electron chi connectivity index (χ3n) is 4.15. The summed E-state index contributed by atoms with van der Waals surface area (Å²) >= 11 is 0. The monoisotopic (exact) mass is 362 g/mol. The standard InChI is InChI=1S/C16H15N2O6P/c19-12(8-24-9-4-2-1-3-5-9)17-13-10-6-7-11(25-23)14(16(21)22)18(10)15(13)20/h1-5,10,13H,6-8H2,(H,17,19)(H,21,22). The van der Waals surface area contributed by atoms with E-state index in [1.54, 1.807) is 24.3 Å². The molecule has 0 radical (unpaired) electrons. The zero-order chi connectivity index (χ0) is 18.0. The molecule has 9 heteroatoms. The van der Waals surface area contributed by atoms with E-state index in [0.717, 1.165) is 4.90 Å². The molecule has 1 saturated heterocycles. The van der Waals surface area contributed by atoms with E-state index < -0.39 is 38.3 Å². The summed E-state index contributed by atoms with van der Waals surface area (Å²) in [6.07, 6.45) is 0.742. The van der Waals surface area contributed by atoms with Gasteiger partial charge in [0.15, 0.2) is 15.1 Å². The van der Waals surface area contributed by atoms with Crippen molar-refractivity contribution in [2.45, 2.75) is 24.9 Å². The van der Waals surface area contributed by atoms with E-state index >= 15 is 0 Å². The minimum absolute atomic E-state index is 0.189. The average Bonchev–Trinajstić information content (AvgIpc) is 2.63. The van der Waals surface area contributed by atoms with Gasteiger partial charge in [-0.05, 0) is 25.0 Å². The first-order chi connectivity index (χ1) is 12.0. The van der Waals surface area contributed by atoms with Gasteiger partial charge in [-0.2, -0.15) is 0 Å². The zero-order valence-corrected chi connectivity index (χ0v) is 13.9. The van der Waals surface area contributed by atoms with Crippen LogP contribution in [0.4, 0.5) is 0 Å². The van der Waals surface area contributed by atoms with Gasteiger partial charge in [-0.1, -0.05) is 18.2 Å². The fourth-order valence-corrected chi connectivity index (χ4v) is 3.52. The quantitative estimate of drug-likeness (QED) is 0.580. The minimum atomic E-state index is -1.30. The molecule has 0 aromatic heterocycles. The number of β-lactam (4-membered cyclic amide) rings is 1. The molecule has 2 aliphatic rings. The Hall–Kier alpha value is -2.73. The molecule has 2 unspecified atom stereocenters. The highest BCUT2D eigenvalue weighted by atomic mass is 31.1. The second-order valence-corrected chi connectivity index (χ2v) is 6.38. The third kappa shape index (κ3) is 3.25. The number of hydrogen-bond donors (Lipinski definition) is 2. The fourth-order valence-electron chi connectivity index (χ4n) is 3.01. The zero-order valence-electron chi connectivity index (χ0n) is 13.0. The topological polar surface area (TPSA) is 113 Å². The van der Waals surface area contributed by atoms with E-state index in [2.05, 4.69) is 5.32 Å². The molecule has 0 spiro atoms. The average molecular weight is 362 g/mol. The lowest BCUT2D eigenvalue weighted by molar-refractivity contribution is -0.156. The Morgan fingerprint density at radius 3 is 2.68 bits per heavy atom. The molecule has 1 aromatic carbocycles. The Balaban J connectivity index is 1.62. The van der Waals surface area contributed by atoms with Gasteiger partial charge in [0.25, 0.3) is 11.8 Å². The first kappa shape index (κ1) is 17.1. The van der Waals surface area contributed by atoms with Gasteiger partial charge in [0, 0.05) is 0 Å². The summed E-state index contributed by atoms with van der Waals surface area (Å²) in [6.45, 7) is -0.243. The maximum atomic E-state index is 12.2. The van der Waals surface area contributed by atoms with E-state index in [9.17, 15) is 24.1 Å². The van der Waals surface area contributed by atoms with Gasteiger partial charge in [0.2, 0.25) is 0 Å². The molecule has 130 valence electrons. The Bertz CT molecular complexity index is 763. The first-order valence-corrected chi connectivity index (χ1v) is 8.44. The predicted octanol–water partition coefficient (Wildman–Crippen LogP) is 1.14. The lowest BCUT2D eigenvalue weighted by atomic mass is 9.86. The number of amides is 2. The fraction of sp³-hybridized carbons (Fsp3) is 0.312. The van der Waals surface area contributed by atoms with Crippen molar-refractivity contribution in [1.82, 2.24) is 10.2 Å². The third-order valence-corrected chi connectivity index (χ3v) is 4.81. The number of carbonyl (C=O) groups is 3. The Morgan fingerprint density at radius 1 is 1.32 bits per heavy atom. The molecule has 0 aliphatic carbocycles. The van der Waals surface area contributed by atoms with Crippen LogP contribution in [0.3, 0.4) is 0 Å². The number of allylic oxidation sites excluding steroid dienone is 1. The van der Waals surface area contributed by atoms with Crippen molar-refractivity contribution in [3.63, 3.8) is 0 Å². The number of hydrogen-bond acceptors (Lipinski definition) is 5. The largest absolute Gasteiger partial charge is 0.484 e. The summed E-state index contributed by atoms with van der Waals surface area (Å²) in [5.74, 6) is -1.74. The number of rotatable bonds is 6. The van der Waals surface area contributed by atoms with Gasteiger partial charge in [0.05, 0.1) is 11.4 Å². The van der Waals surface area contributed by atoms with Crippen molar-refractivity contribution in [3.8, 4) is 5.75 Å². The number of carbonyl (C=O) groups excluding carboxylic acids is 2. The maximum Gasteiger partial charge on any atom is 0.353 e. The lowest BCUT2D eigenvalue weighted by Crippen LogP contribution is -2.71. The Kier molecular flexibility index (Phi) is 4.81. The summed E-state index contributed by atoms with van der Waals surface area (Å²) in [6, 6.07) is 7.55. The van der Waals surface area contributed by atoms with Crippen molar-refractivity contribution in [1.29, 1.82) is 0 Å². The minimum Gasteiger partial charge on any atom is -0.484 e. The molecule has 2 N–H and O–H groups in total. The Labute approximate surface area is 144 Å². The number of nitrogens with one attached hydrogen (secondary N) is 1. The van der Waals surface area contributed by atoms with Crippen molar-refractivity contribution in [2.24, 2.45) is 0 Å². The summed E-state index contributed by atoms with van der Waals surface area (Å²) in [7, 11) is -0.404. The summed E-state index contributed by atoms with van der Waals surface area (Å²) < 4.78 is 16.4. The van der Waals surface area contributed by atoms with Crippen LogP contribution in [-0.4, -0.2) is 46.5 Å². The number of carboxylic acids is 1. The molecule has 2 aliphatic heterocycles. The van der Waals surface area contributed by atoms with Crippen LogP contribution in [0.5, 0.6) is 5.75 Å². The van der Waals surface area contributed by atoms with E-state index in [0.29, 0.717) is 18.6 Å². The van der Waals surface area contributed by atoms with Crippen molar-refractivity contribution in [3.05, 3.63) is 41.3 Å². The molecular weight excluding hydrogens is 347 g/mol. The molecule has 0 saturated carbocycles. The number of aliphatic carboxylic acids is 1. The maximum absolute atomic E-state index is 12.2. The highest BCUT2D eigenvalue weighted by Gasteiger charge is 2.53. The Morgan fingerprint density at radius 2 is 2.04 bits per heavy atom. The van der Waals surface area contributed by atoms with Crippen molar-refractivity contribution >= 4 is 26.2 Å². The number of para-hydroxylation sites is 1. The molecule has 2 amide bonds. The molecular formula is C16H15N2O6P. The van der Waals surface area contributed by atoms with Crippen LogP contribution >= 0.6 is 8.46 Å². The van der Waals surface area contributed by atoms with E-state index in [4.69, 9.17) is 4.74 Å². The molecule has 1 aromatic rings. The lowest BCUT2D eigenvalue weighted by Gasteiger charge is -2.49. The first-order valence-electron chi connectivity index (χ1n) is 7.63. The highest BCUT2D eigenvalue weighted by molar-refractivity contribution is 7.29. The number of ether oxygens (including phenoxy) is 1. The number of carboxylic acid groups (broad SMARTS) is 1. The molecule has 0 bridgehead atoms. The van der Waals surface area contributed by atoms with Gasteiger partial charge < -0.3 is 15.2 Å². The molecule has 2 atom stereocenters. The van der Waals surface area contributed by atoms with Crippen LogP contribution in [0.1, 0.15) is 12.8 Å². The van der Waals surface area contributed by atoms with Gasteiger partial charge in [-0.15, -0.1) is 0 Å². The predicted molar refractivity (Wildman–Crippen MR) is 86.0 cm³/mol. The summed E-state index contributed by atoms with van der Waals surface area (Å²) in [5.41, 5.74) is -0.246. The molecule has 1 fully saturated rings. The van der Waals surface area contributed by atoms with E-state index in [1.807, 2.05) is 6.07 Å².